The number of carboxylic acid groups (broad SMARTS) is 1. The predicted molar refractivity (Wildman–Crippen MR) is 88.4 cm³/mol. The second-order valence-electron chi connectivity index (χ2n) is 3.77. The van der Waals surface area contributed by atoms with Crippen LogP contribution < -0.4 is 0 Å². The molecule has 0 saturated heterocycles. The van der Waals surface area contributed by atoms with Gasteiger partial charge in [-0.3, -0.25) is 0 Å². The molecule has 0 atom stereocenters. The molecule has 1 N–H and O–H groups in total. The molecule has 8 heteroatoms. The first-order valence-corrected chi connectivity index (χ1v) is 9.02. The summed E-state index contributed by atoms with van der Waals surface area (Å²) in [6, 6.07) is 3.58. The summed E-state index contributed by atoms with van der Waals surface area (Å²) in [6.45, 7) is 0. The van der Waals surface area contributed by atoms with Crippen LogP contribution in [-0.2, 0) is 0 Å². The molecule has 3 aromatic rings. The van der Waals surface area contributed by atoms with Gasteiger partial charge < -0.3 is 5.11 Å². The molecule has 3 nitrogen and oxygen atoms in total. The molecule has 0 spiro atoms. The Morgan fingerprint density at radius 1 is 1.25 bits per heavy atom. The number of aromatic nitrogens is 1. The Morgan fingerprint density at radius 3 is 2.65 bits per heavy atom. The third-order valence-electron chi connectivity index (χ3n) is 2.46. The number of thiazole rings is 1. The van der Waals surface area contributed by atoms with E-state index in [1.54, 1.807) is 11.4 Å². The first kappa shape index (κ1) is 14.2. The molecule has 3 aromatic heterocycles. The van der Waals surface area contributed by atoms with Crippen molar-refractivity contribution in [3.8, 4) is 20.5 Å². The molecule has 0 aliphatic carbocycles. The van der Waals surface area contributed by atoms with Crippen LogP contribution in [0.4, 0.5) is 0 Å². The Hall–Kier alpha value is -0.730. The fourth-order valence-corrected chi connectivity index (χ4v) is 5.04. The number of hydrogen-bond donors (Lipinski definition) is 1. The zero-order valence-corrected chi connectivity index (χ0v) is 14.4. The molecule has 0 aliphatic rings. The van der Waals surface area contributed by atoms with Crippen LogP contribution in [0.5, 0.6) is 0 Å². The number of thiophene rings is 2. The molecule has 0 unspecified atom stereocenters. The zero-order chi connectivity index (χ0) is 14.3. The van der Waals surface area contributed by atoms with E-state index in [2.05, 4.69) is 20.9 Å². The molecule has 0 aromatic carbocycles. The van der Waals surface area contributed by atoms with Crippen LogP contribution in [0.2, 0.25) is 4.34 Å². The van der Waals surface area contributed by atoms with Crippen LogP contribution in [0.3, 0.4) is 0 Å². The van der Waals surface area contributed by atoms with E-state index in [4.69, 9.17) is 16.7 Å². The van der Waals surface area contributed by atoms with E-state index < -0.39 is 5.97 Å². The molecule has 0 aliphatic heterocycles. The fourth-order valence-electron chi connectivity index (χ4n) is 1.53. The second kappa shape index (κ2) is 5.57. The average molecular weight is 407 g/mol. The van der Waals surface area contributed by atoms with Gasteiger partial charge in [0, 0.05) is 15.2 Å². The highest BCUT2D eigenvalue weighted by molar-refractivity contribution is 9.10. The molecule has 0 fully saturated rings. The summed E-state index contributed by atoms with van der Waals surface area (Å²) in [5.41, 5.74) is 1.09. The summed E-state index contributed by atoms with van der Waals surface area (Å²) in [6.07, 6.45) is 0. The Bertz CT molecular complexity index is 773. The van der Waals surface area contributed by atoms with Crippen LogP contribution in [0, 0.1) is 0 Å². The van der Waals surface area contributed by atoms with Crippen molar-refractivity contribution in [1.82, 2.24) is 4.98 Å². The smallest absolute Gasteiger partial charge is 0.336 e. The minimum absolute atomic E-state index is 0.293. The van der Waals surface area contributed by atoms with E-state index in [0.29, 0.717) is 9.90 Å². The van der Waals surface area contributed by atoms with Gasteiger partial charge in [0.1, 0.15) is 9.34 Å². The largest absolute Gasteiger partial charge is 0.478 e. The van der Waals surface area contributed by atoms with Crippen molar-refractivity contribution in [1.29, 1.82) is 0 Å². The topological polar surface area (TPSA) is 50.2 Å². The Labute approximate surface area is 139 Å². The maximum Gasteiger partial charge on any atom is 0.336 e. The standard InChI is InChI=1S/C12H5BrClNO2S3/c13-6-2-9(20-10(6)14)11-15-7(4-19-11)8-1-5(3-18-8)12(16)17/h1-4H,(H,16,17). The summed E-state index contributed by atoms with van der Waals surface area (Å²) in [4.78, 5) is 17.3. The maximum atomic E-state index is 10.9. The van der Waals surface area contributed by atoms with Crippen LogP contribution >= 0.6 is 61.5 Å². The van der Waals surface area contributed by atoms with Gasteiger partial charge in [0.25, 0.3) is 0 Å². The van der Waals surface area contributed by atoms with E-state index in [1.165, 1.54) is 34.0 Å². The van der Waals surface area contributed by atoms with Crippen LogP contribution in [0.25, 0.3) is 20.5 Å². The first-order valence-electron chi connectivity index (χ1n) is 5.27. The SMILES string of the molecule is O=C(O)c1csc(-c2csc(-c3cc(Br)c(Cl)s3)n2)c1. The highest BCUT2D eigenvalue weighted by Crippen LogP contribution is 2.40. The lowest BCUT2D eigenvalue weighted by Gasteiger charge is -1.89. The van der Waals surface area contributed by atoms with Crippen molar-refractivity contribution >= 4 is 67.5 Å². The van der Waals surface area contributed by atoms with Crippen molar-refractivity contribution < 1.29 is 9.90 Å². The normalized spacial score (nSPS) is 10.9. The van der Waals surface area contributed by atoms with Crippen LogP contribution in [0.15, 0.2) is 27.4 Å². The van der Waals surface area contributed by atoms with E-state index in [1.807, 2.05) is 11.4 Å². The molecular formula is C12H5BrClNO2S3. The monoisotopic (exact) mass is 405 g/mol. The summed E-state index contributed by atoms with van der Waals surface area (Å²) in [7, 11) is 0. The van der Waals surface area contributed by atoms with E-state index in [0.717, 1.165) is 24.9 Å². The van der Waals surface area contributed by atoms with Gasteiger partial charge in [-0.25, -0.2) is 9.78 Å². The minimum atomic E-state index is -0.920. The number of rotatable bonds is 3. The van der Waals surface area contributed by atoms with Gasteiger partial charge >= 0.3 is 5.97 Å². The fraction of sp³-hybridized carbons (Fsp3) is 0. The molecule has 20 heavy (non-hydrogen) atoms. The molecular weight excluding hydrogens is 402 g/mol. The highest BCUT2D eigenvalue weighted by Gasteiger charge is 2.14. The first-order chi connectivity index (χ1) is 9.54. The third kappa shape index (κ3) is 2.68. The molecule has 0 amide bonds. The number of halogens is 2. The van der Waals surface area contributed by atoms with Gasteiger partial charge in [-0.1, -0.05) is 11.6 Å². The second-order valence-corrected chi connectivity index (χ2v) is 8.05. The molecule has 3 heterocycles. The summed E-state index contributed by atoms with van der Waals surface area (Å²) < 4.78 is 1.56. The number of aromatic carboxylic acids is 1. The van der Waals surface area contributed by atoms with Gasteiger partial charge in [-0.2, -0.15) is 0 Å². The number of nitrogens with zero attached hydrogens (tertiary/aromatic N) is 1. The van der Waals surface area contributed by atoms with Gasteiger partial charge in [-0.05, 0) is 28.1 Å². The summed E-state index contributed by atoms with van der Waals surface area (Å²) in [5.74, 6) is -0.920. The van der Waals surface area contributed by atoms with Crippen molar-refractivity contribution in [2.75, 3.05) is 0 Å². The van der Waals surface area contributed by atoms with E-state index in [9.17, 15) is 4.79 Å². The minimum Gasteiger partial charge on any atom is -0.478 e. The van der Waals surface area contributed by atoms with Crippen LogP contribution in [0.1, 0.15) is 10.4 Å². The molecule has 0 radical (unpaired) electrons. The summed E-state index contributed by atoms with van der Waals surface area (Å²) in [5, 5.41) is 13.4. The van der Waals surface area contributed by atoms with Crippen molar-refractivity contribution in [2.24, 2.45) is 0 Å². The number of carbonyl (C=O) groups is 1. The lowest BCUT2D eigenvalue weighted by molar-refractivity contribution is 0.0697. The Morgan fingerprint density at radius 2 is 2.05 bits per heavy atom. The predicted octanol–water partition coefficient (Wildman–Crippen LogP) is 5.71. The summed E-state index contributed by atoms with van der Waals surface area (Å²) >= 11 is 13.8. The van der Waals surface area contributed by atoms with Gasteiger partial charge in [-0.15, -0.1) is 34.0 Å². The van der Waals surface area contributed by atoms with Crippen molar-refractivity contribution in [3.05, 3.63) is 37.3 Å². The Kier molecular flexibility index (Phi) is 3.96. The molecule has 0 bridgehead atoms. The maximum absolute atomic E-state index is 10.9. The lowest BCUT2D eigenvalue weighted by Crippen LogP contribution is -1.91. The Balaban J connectivity index is 1.95. The average Bonchev–Trinajstić information content (AvgIpc) is 3.09. The highest BCUT2D eigenvalue weighted by atomic mass is 79.9. The van der Waals surface area contributed by atoms with Crippen molar-refractivity contribution in [3.63, 3.8) is 0 Å². The van der Waals surface area contributed by atoms with Gasteiger partial charge in [0.2, 0.25) is 0 Å². The third-order valence-corrected chi connectivity index (χ3v) is 6.90. The van der Waals surface area contributed by atoms with Crippen molar-refractivity contribution in [2.45, 2.75) is 0 Å². The molecule has 0 saturated carbocycles. The van der Waals surface area contributed by atoms with E-state index >= 15 is 0 Å². The van der Waals surface area contributed by atoms with Gasteiger partial charge in [0.15, 0.2) is 0 Å². The molecule has 3 rings (SSSR count). The molecule has 102 valence electrons. The van der Waals surface area contributed by atoms with E-state index in [-0.39, 0.29) is 0 Å². The lowest BCUT2D eigenvalue weighted by atomic mass is 10.3. The van der Waals surface area contributed by atoms with Crippen LogP contribution in [-0.4, -0.2) is 16.1 Å². The number of carboxylic acids is 1. The zero-order valence-electron chi connectivity index (χ0n) is 9.59. The van der Waals surface area contributed by atoms with Gasteiger partial charge in [0.05, 0.1) is 21.0 Å². The quantitative estimate of drug-likeness (QED) is 0.605. The number of hydrogen-bond acceptors (Lipinski definition) is 5.